The van der Waals surface area contributed by atoms with Crippen LogP contribution in [0.3, 0.4) is 0 Å². The summed E-state index contributed by atoms with van der Waals surface area (Å²) in [4.78, 5) is 23.9. The lowest BCUT2D eigenvalue weighted by molar-refractivity contribution is -0.118. The number of rotatable bonds is 4. The Morgan fingerprint density at radius 2 is 1.90 bits per heavy atom. The average molecular weight is 289 g/mol. The van der Waals surface area contributed by atoms with Crippen LogP contribution in [0.1, 0.15) is 43.5 Å². The van der Waals surface area contributed by atoms with Gasteiger partial charge in [-0.1, -0.05) is 6.42 Å². The fraction of sp³-hybridized carbons (Fsp3) is 0.500. The topological polar surface area (TPSA) is 70.2 Å². The number of carbonyl (C=O) groups is 2. The summed E-state index contributed by atoms with van der Waals surface area (Å²) < 4.78 is 0. The molecule has 1 heterocycles. The van der Waals surface area contributed by atoms with Crippen molar-refractivity contribution in [1.29, 1.82) is 0 Å². The Labute approximate surface area is 125 Å². The number of piperidine rings is 1. The number of amides is 2. The van der Waals surface area contributed by atoms with Gasteiger partial charge in [0.2, 0.25) is 5.91 Å². The highest BCUT2D eigenvalue weighted by atomic mass is 16.2. The van der Waals surface area contributed by atoms with E-state index in [0.29, 0.717) is 11.3 Å². The van der Waals surface area contributed by atoms with E-state index < -0.39 is 0 Å². The molecule has 0 saturated carbocycles. The summed E-state index contributed by atoms with van der Waals surface area (Å²) in [7, 11) is 0. The fourth-order valence-corrected chi connectivity index (χ4v) is 2.36. The van der Waals surface area contributed by atoms with Crippen LogP contribution in [0, 0.1) is 0 Å². The maximum absolute atomic E-state index is 12.1. The average Bonchev–Trinajstić information content (AvgIpc) is 2.48. The van der Waals surface area contributed by atoms with Crippen molar-refractivity contribution in [3.63, 3.8) is 0 Å². The molecule has 5 nitrogen and oxygen atoms in total. The van der Waals surface area contributed by atoms with Gasteiger partial charge in [0.05, 0.1) is 6.04 Å². The number of carbonyl (C=O) groups excluding carboxylic acids is 2. The Hall–Kier alpha value is -1.88. The highest BCUT2D eigenvalue weighted by molar-refractivity contribution is 5.97. The summed E-state index contributed by atoms with van der Waals surface area (Å²) in [6.45, 7) is 4.74. The molecule has 0 radical (unpaired) electrons. The second-order valence-corrected chi connectivity index (χ2v) is 5.70. The van der Waals surface area contributed by atoms with Gasteiger partial charge in [-0.25, -0.2) is 0 Å². The molecule has 2 amide bonds. The van der Waals surface area contributed by atoms with E-state index in [9.17, 15) is 9.59 Å². The van der Waals surface area contributed by atoms with Crippen LogP contribution >= 0.6 is 0 Å². The van der Waals surface area contributed by atoms with Gasteiger partial charge >= 0.3 is 0 Å². The van der Waals surface area contributed by atoms with Crippen LogP contribution in [-0.4, -0.2) is 30.4 Å². The third kappa shape index (κ3) is 4.56. The molecule has 114 valence electrons. The molecule has 3 N–H and O–H groups in total. The molecular formula is C16H23N3O2. The van der Waals surface area contributed by atoms with Crippen LogP contribution in [0.2, 0.25) is 0 Å². The summed E-state index contributed by atoms with van der Waals surface area (Å²) in [5.74, 6) is -0.106. The first-order chi connectivity index (χ1) is 10.1. The molecule has 5 heteroatoms. The molecule has 1 aromatic carbocycles. The minimum absolute atomic E-state index is 0.00548. The lowest BCUT2D eigenvalue weighted by Gasteiger charge is -2.22. The Kier molecular flexibility index (Phi) is 5.33. The van der Waals surface area contributed by atoms with Crippen LogP contribution in [0.25, 0.3) is 0 Å². The first-order valence-electron chi connectivity index (χ1n) is 7.51. The molecule has 0 aromatic heterocycles. The van der Waals surface area contributed by atoms with E-state index in [0.717, 1.165) is 25.8 Å². The maximum Gasteiger partial charge on any atom is 0.251 e. The lowest BCUT2D eigenvalue weighted by Crippen LogP contribution is -2.43. The van der Waals surface area contributed by atoms with Crippen LogP contribution in [-0.2, 0) is 4.79 Å². The van der Waals surface area contributed by atoms with Gasteiger partial charge in [-0.05, 0) is 57.5 Å². The largest absolute Gasteiger partial charge is 0.350 e. The Morgan fingerprint density at radius 3 is 2.48 bits per heavy atom. The van der Waals surface area contributed by atoms with E-state index in [4.69, 9.17) is 0 Å². The summed E-state index contributed by atoms with van der Waals surface area (Å²) >= 11 is 0. The monoisotopic (exact) mass is 289 g/mol. The summed E-state index contributed by atoms with van der Waals surface area (Å²) in [5, 5.41) is 8.93. The van der Waals surface area contributed by atoms with E-state index in [1.54, 1.807) is 24.3 Å². The van der Waals surface area contributed by atoms with Gasteiger partial charge in [0.25, 0.3) is 5.91 Å². The van der Waals surface area contributed by atoms with E-state index in [-0.39, 0.29) is 23.9 Å². The van der Waals surface area contributed by atoms with E-state index in [1.807, 2.05) is 13.8 Å². The first-order valence-corrected chi connectivity index (χ1v) is 7.51. The number of anilines is 1. The zero-order valence-electron chi connectivity index (χ0n) is 12.6. The molecule has 21 heavy (non-hydrogen) atoms. The van der Waals surface area contributed by atoms with Gasteiger partial charge in [0, 0.05) is 17.3 Å². The van der Waals surface area contributed by atoms with Gasteiger partial charge in [0.15, 0.2) is 0 Å². The second-order valence-electron chi connectivity index (χ2n) is 5.70. The molecule has 0 bridgehead atoms. The SMILES string of the molecule is CC(C)NC(=O)c1ccc(NC(=O)[C@@H]2CCCCN2)cc1. The standard InChI is InChI=1S/C16H23N3O2/c1-11(2)18-15(20)12-6-8-13(9-7-12)19-16(21)14-5-3-4-10-17-14/h6-9,11,14,17H,3-5,10H2,1-2H3,(H,18,20)(H,19,21)/t14-/m0/s1. The second kappa shape index (κ2) is 7.22. The Bertz CT molecular complexity index is 491. The van der Waals surface area contributed by atoms with Crippen molar-refractivity contribution in [1.82, 2.24) is 10.6 Å². The van der Waals surface area contributed by atoms with Gasteiger partial charge in [-0.15, -0.1) is 0 Å². The maximum atomic E-state index is 12.1. The van der Waals surface area contributed by atoms with E-state index in [1.165, 1.54) is 0 Å². The molecule has 0 spiro atoms. The molecule has 1 fully saturated rings. The molecule has 1 aliphatic rings. The van der Waals surface area contributed by atoms with Crippen molar-refractivity contribution in [2.24, 2.45) is 0 Å². The van der Waals surface area contributed by atoms with Crippen LogP contribution in [0.15, 0.2) is 24.3 Å². The third-order valence-electron chi connectivity index (χ3n) is 3.46. The molecule has 1 aliphatic heterocycles. The highest BCUT2D eigenvalue weighted by Crippen LogP contribution is 2.13. The van der Waals surface area contributed by atoms with Crippen molar-refractivity contribution in [2.75, 3.05) is 11.9 Å². The van der Waals surface area contributed by atoms with Crippen LogP contribution in [0.4, 0.5) is 5.69 Å². The van der Waals surface area contributed by atoms with E-state index in [2.05, 4.69) is 16.0 Å². The minimum Gasteiger partial charge on any atom is -0.350 e. The van der Waals surface area contributed by atoms with Crippen molar-refractivity contribution in [3.05, 3.63) is 29.8 Å². The Morgan fingerprint density at radius 1 is 1.19 bits per heavy atom. The molecule has 2 rings (SSSR count). The van der Waals surface area contributed by atoms with Gasteiger partial charge < -0.3 is 16.0 Å². The number of hydrogen-bond donors (Lipinski definition) is 3. The molecule has 1 atom stereocenters. The highest BCUT2D eigenvalue weighted by Gasteiger charge is 2.20. The zero-order chi connectivity index (χ0) is 15.2. The number of nitrogens with one attached hydrogen (secondary N) is 3. The Balaban J connectivity index is 1.92. The molecule has 0 aliphatic carbocycles. The third-order valence-corrected chi connectivity index (χ3v) is 3.46. The van der Waals surface area contributed by atoms with Crippen molar-refractivity contribution < 1.29 is 9.59 Å². The van der Waals surface area contributed by atoms with Crippen LogP contribution in [0.5, 0.6) is 0 Å². The van der Waals surface area contributed by atoms with Crippen LogP contribution < -0.4 is 16.0 Å². The molecular weight excluding hydrogens is 266 g/mol. The predicted molar refractivity (Wildman–Crippen MR) is 83.3 cm³/mol. The number of benzene rings is 1. The van der Waals surface area contributed by atoms with Crippen molar-refractivity contribution in [3.8, 4) is 0 Å². The quantitative estimate of drug-likeness (QED) is 0.793. The summed E-state index contributed by atoms with van der Waals surface area (Å²) in [5.41, 5.74) is 1.31. The zero-order valence-corrected chi connectivity index (χ0v) is 12.6. The van der Waals surface area contributed by atoms with Gasteiger partial charge in [0.1, 0.15) is 0 Å². The predicted octanol–water partition coefficient (Wildman–Crippen LogP) is 1.91. The first kappa shape index (κ1) is 15.5. The summed E-state index contributed by atoms with van der Waals surface area (Å²) in [6.07, 6.45) is 3.09. The van der Waals surface area contributed by atoms with E-state index >= 15 is 0 Å². The molecule has 0 unspecified atom stereocenters. The summed E-state index contributed by atoms with van der Waals surface area (Å²) in [6, 6.07) is 6.96. The molecule has 1 aromatic rings. The normalized spacial score (nSPS) is 18.3. The minimum atomic E-state index is -0.109. The smallest absolute Gasteiger partial charge is 0.251 e. The van der Waals surface area contributed by atoms with Crippen molar-refractivity contribution >= 4 is 17.5 Å². The lowest BCUT2D eigenvalue weighted by atomic mass is 10.0. The van der Waals surface area contributed by atoms with Gasteiger partial charge in [-0.2, -0.15) is 0 Å². The van der Waals surface area contributed by atoms with Crippen molar-refractivity contribution in [2.45, 2.75) is 45.2 Å². The number of hydrogen-bond acceptors (Lipinski definition) is 3. The van der Waals surface area contributed by atoms with Gasteiger partial charge in [-0.3, -0.25) is 9.59 Å². The fourth-order valence-electron chi connectivity index (χ4n) is 2.36. The molecule has 1 saturated heterocycles.